The molecule has 0 spiro atoms. The second-order valence-electron chi connectivity index (χ2n) is 6.66. The maximum atomic E-state index is 3.63. The van der Waals surface area contributed by atoms with Gasteiger partial charge in [0.05, 0.1) is 0 Å². The van der Waals surface area contributed by atoms with Crippen molar-refractivity contribution < 1.29 is 0 Å². The van der Waals surface area contributed by atoms with Gasteiger partial charge in [-0.1, -0.05) is 30.3 Å². The molecule has 1 aromatic rings. The van der Waals surface area contributed by atoms with Crippen LogP contribution in [0.4, 0.5) is 0 Å². The van der Waals surface area contributed by atoms with E-state index in [0.29, 0.717) is 0 Å². The van der Waals surface area contributed by atoms with E-state index in [1.165, 1.54) is 57.5 Å². The molecule has 3 heteroatoms. The molecule has 1 aliphatic heterocycles. The minimum atomic E-state index is 0.718. The average molecular weight is 287 g/mol. The average Bonchev–Trinajstić information content (AvgIpc) is 3.33. The lowest BCUT2D eigenvalue weighted by Gasteiger charge is -2.38. The number of rotatable bonds is 7. The summed E-state index contributed by atoms with van der Waals surface area (Å²) in [6, 6.07) is 12.4. The summed E-state index contributed by atoms with van der Waals surface area (Å²) in [5.41, 5.74) is 1.44. The van der Waals surface area contributed by atoms with Gasteiger partial charge in [0.1, 0.15) is 0 Å². The first kappa shape index (κ1) is 15.0. The van der Waals surface area contributed by atoms with E-state index in [1.807, 2.05) is 0 Å². The van der Waals surface area contributed by atoms with Gasteiger partial charge in [-0.25, -0.2) is 0 Å². The van der Waals surface area contributed by atoms with Gasteiger partial charge in [-0.2, -0.15) is 0 Å². The molecule has 3 rings (SSSR count). The third-order valence-corrected chi connectivity index (χ3v) is 4.85. The topological polar surface area (TPSA) is 18.5 Å². The van der Waals surface area contributed by atoms with E-state index in [4.69, 9.17) is 0 Å². The summed E-state index contributed by atoms with van der Waals surface area (Å²) in [6.45, 7) is 9.53. The van der Waals surface area contributed by atoms with Gasteiger partial charge < -0.3 is 5.32 Å². The molecule has 3 nitrogen and oxygen atoms in total. The number of piperazine rings is 1. The van der Waals surface area contributed by atoms with Crippen molar-refractivity contribution in [1.82, 2.24) is 15.1 Å². The third-order valence-electron chi connectivity index (χ3n) is 4.85. The molecule has 1 unspecified atom stereocenters. The molecule has 1 saturated heterocycles. The second kappa shape index (κ2) is 7.39. The van der Waals surface area contributed by atoms with E-state index in [9.17, 15) is 0 Å². The van der Waals surface area contributed by atoms with Gasteiger partial charge >= 0.3 is 0 Å². The number of benzene rings is 1. The van der Waals surface area contributed by atoms with Gasteiger partial charge in [0.15, 0.2) is 0 Å². The Bertz CT molecular complexity index is 408. The van der Waals surface area contributed by atoms with Gasteiger partial charge in [0, 0.05) is 44.8 Å². The number of nitrogens with one attached hydrogen (secondary N) is 1. The van der Waals surface area contributed by atoms with E-state index >= 15 is 0 Å². The highest BCUT2D eigenvalue weighted by Crippen LogP contribution is 2.19. The van der Waals surface area contributed by atoms with Crippen molar-refractivity contribution in [3.63, 3.8) is 0 Å². The van der Waals surface area contributed by atoms with E-state index in [2.05, 4.69) is 52.4 Å². The summed E-state index contributed by atoms with van der Waals surface area (Å²) in [5, 5.41) is 3.63. The number of nitrogens with zero attached hydrogens (tertiary/aromatic N) is 2. The van der Waals surface area contributed by atoms with Crippen LogP contribution in [-0.2, 0) is 6.54 Å². The first-order valence-electron chi connectivity index (χ1n) is 8.55. The standard InChI is InChI=1S/C18H29N3/c1-16(9-10-19-18-7-8-18)21-13-11-20(12-14-21)15-17-5-3-2-4-6-17/h2-6,16,18-19H,7-15H2,1H3. The predicted octanol–water partition coefficient (Wildman–Crippen LogP) is 2.33. The summed E-state index contributed by atoms with van der Waals surface area (Å²) in [6.07, 6.45) is 4.08. The van der Waals surface area contributed by atoms with Gasteiger partial charge in [-0.15, -0.1) is 0 Å². The lowest BCUT2D eigenvalue weighted by molar-refractivity contribution is 0.0945. The van der Waals surface area contributed by atoms with Gasteiger partial charge in [-0.3, -0.25) is 9.80 Å². The Labute approximate surface area is 129 Å². The molecule has 0 bridgehead atoms. The summed E-state index contributed by atoms with van der Waals surface area (Å²) in [5.74, 6) is 0. The van der Waals surface area contributed by atoms with Crippen LogP contribution in [0.15, 0.2) is 30.3 Å². The Kier molecular flexibility index (Phi) is 5.28. The fraction of sp³-hybridized carbons (Fsp3) is 0.667. The molecule has 0 amide bonds. The fourth-order valence-corrected chi connectivity index (χ4v) is 3.17. The van der Waals surface area contributed by atoms with Crippen LogP contribution in [0.3, 0.4) is 0 Å². The highest BCUT2D eigenvalue weighted by atomic mass is 15.3. The largest absolute Gasteiger partial charge is 0.314 e. The van der Waals surface area contributed by atoms with Crippen molar-refractivity contribution in [2.75, 3.05) is 32.7 Å². The van der Waals surface area contributed by atoms with E-state index < -0.39 is 0 Å². The van der Waals surface area contributed by atoms with Gasteiger partial charge in [-0.05, 0) is 38.3 Å². The Balaban J connectivity index is 1.35. The molecule has 2 aliphatic rings. The summed E-state index contributed by atoms with van der Waals surface area (Å²) in [4.78, 5) is 5.25. The molecule has 116 valence electrons. The van der Waals surface area contributed by atoms with Crippen molar-refractivity contribution in [3.05, 3.63) is 35.9 Å². The molecule has 1 saturated carbocycles. The monoisotopic (exact) mass is 287 g/mol. The molecule has 1 aliphatic carbocycles. The third kappa shape index (κ3) is 4.80. The van der Waals surface area contributed by atoms with Crippen molar-refractivity contribution in [1.29, 1.82) is 0 Å². The van der Waals surface area contributed by atoms with Crippen molar-refractivity contribution in [2.24, 2.45) is 0 Å². The molecule has 0 radical (unpaired) electrons. The van der Waals surface area contributed by atoms with E-state index in [-0.39, 0.29) is 0 Å². The van der Waals surface area contributed by atoms with Crippen LogP contribution in [0, 0.1) is 0 Å². The molecule has 1 atom stereocenters. The summed E-state index contributed by atoms with van der Waals surface area (Å²) in [7, 11) is 0. The van der Waals surface area contributed by atoms with Gasteiger partial charge in [0.25, 0.3) is 0 Å². The molecule has 2 fully saturated rings. The maximum absolute atomic E-state index is 3.63. The molecular weight excluding hydrogens is 258 g/mol. The van der Waals surface area contributed by atoms with Crippen LogP contribution in [0.1, 0.15) is 31.7 Å². The normalized spacial score (nSPS) is 22.3. The molecule has 21 heavy (non-hydrogen) atoms. The zero-order valence-corrected chi connectivity index (χ0v) is 13.3. The Morgan fingerprint density at radius 1 is 1.10 bits per heavy atom. The van der Waals surface area contributed by atoms with Crippen LogP contribution in [0.2, 0.25) is 0 Å². The minimum Gasteiger partial charge on any atom is -0.314 e. The highest BCUT2D eigenvalue weighted by molar-refractivity contribution is 5.14. The first-order valence-corrected chi connectivity index (χ1v) is 8.55. The zero-order valence-electron chi connectivity index (χ0n) is 13.3. The van der Waals surface area contributed by atoms with Crippen LogP contribution in [0.5, 0.6) is 0 Å². The van der Waals surface area contributed by atoms with Crippen molar-refractivity contribution >= 4 is 0 Å². The van der Waals surface area contributed by atoms with Crippen LogP contribution < -0.4 is 5.32 Å². The molecular formula is C18H29N3. The predicted molar refractivity (Wildman–Crippen MR) is 88.4 cm³/mol. The fourth-order valence-electron chi connectivity index (χ4n) is 3.17. The van der Waals surface area contributed by atoms with Crippen LogP contribution >= 0.6 is 0 Å². The number of hydrogen-bond donors (Lipinski definition) is 1. The molecule has 1 N–H and O–H groups in total. The van der Waals surface area contributed by atoms with Crippen molar-refractivity contribution in [2.45, 2.75) is 44.8 Å². The van der Waals surface area contributed by atoms with Crippen molar-refractivity contribution in [3.8, 4) is 0 Å². The number of hydrogen-bond acceptors (Lipinski definition) is 3. The Morgan fingerprint density at radius 3 is 2.48 bits per heavy atom. The summed E-state index contributed by atoms with van der Waals surface area (Å²) < 4.78 is 0. The highest BCUT2D eigenvalue weighted by Gasteiger charge is 2.23. The Morgan fingerprint density at radius 2 is 1.81 bits per heavy atom. The molecule has 1 aromatic carbocycles. The first-order chi connectivity index (χ1) is 10.3. The molecule has 1 heterocycles. The van der Waals surface area contributed by atoms with Gasteiger partial charge in [0.2, 0.25) is 0 Å². The Hall–Kier alpha value is -0.900. The molecule has 0 aromatic heterocycles. The van der Waals surface area contributed by atoms with Crippen LogP contribution in [0.25, 0.3) is 0 Å². The van der Waals surface area contributed by atoms with E-state index in [1.54, 1.807) is 0 Å². The van der Waals surface area contributed by atoms with Crippen LogP contribution in [-0.4, -0.2) is 54.6 Å². The second-order valence-corrected chi connectivity index (χ2v) is 6.66. The minimum absolute atomic E-state index is 0.718. The quantitative estimate of drug-likeness (QED) is 0.830. The summed E-state index contributed by atoms with van der Waals surface area (Å²) >= 11 is 0. The maximum Gasteiger partial charge on any atom is 0.0234 e. The SMILES string of the molecule is CC(CCNC1CC1)N1CCN(Cc2ccccc2)CC1. The zero-order chi connectivity index (χ0) is 14.5. The smallest absolute Gasteiger partial charge is 0.0234 e. The lowest BCUT2D eigenvalue weighted by Crippen LogP contribution is -2.49. The lowest BCUT2D eigenvalue weighted by atomic mass is 10.1. The van der Waals surface area contributed by atoms with E-state index in [0.717, 1.165) is 18.6 Å².